The molecule has 0 atom stereocenters. The van der Waals surface area contributed by atoms with E-state index < -0.39 is 0 Å². The Morgan fingerprint density at radius 1 is 1.35 bits per heavy atom. The van der Waals surface area contributed by atoms with E-state index in [1.54, 1.807) is 0 Å². The Morgan fingerprint density at radius 3 is 2.82 bits per heavy atom. The van der Waals surface area contributed by atoms with Gasteiger partial charge in [0.15, 0.2) is 0 Å². The number of rotatable bonds is 4. The van der Waals surface area contributed by atoms with Gasteiger partial charge in [-0.05, 0) is 43.7 Å². The fraction of sp³-hybridized carbons (Fsp3) is 0.643. The maximum absolute atomic E-state index is 12.3. The molecule has 0 aliphatic heterocycles. The van der Waals surface area contributed by atoms with E-state index in [-0.39, 0.29) is 5.56 Å². The molecule has 94 valence electrons. The van der Waals surface area contributed by atoms with Crippen LogP contribution in [0.5, 0.6) is 0 Å². The predicted molar refractivity (Wildman–Crippen MR) is 70.1 cm³/mol. The second kappa shape index (κ2) is 5.50. The third kappa shape index (κ3) is 2.44. The molecule has 1 aromatic heterocycles. The second-order valence-corrected chi connectivity index (χ2v) is 4.86. The molecule has 0 unspecified atom stereocenters. The smallest absolute Gasteiger partial charge is 0.255 e. The van der Waals surface area contributed by atoms with Gasteiger partial charge < -0.3 is 10.3 Å². The molecular formula is C14H22N2O. The van der Waals surface area contributed by atoms with Crippen molar-refractivity contribution in [2.45, 2.75) is 58.5 Å². The Balaban J connectivity index is 2.48. The van der Waals surface area contributed by atoms with Crippen LogP contribution in [0.2, 0.25) is 0 Å². The highest BCUT2D eigenvalue weighted by Gasteiger charge is 2.16. The van der Waals surface area contributed by atoms with Crippen LogP contribution >= 0.6 is 0 Å². The van der Waals surface area contributed by atoms with Gasteiger partial charge in [-0.1, -0.05) is 13.3 Å². The van der Waals surface area contributed by atoms with Gasteiger partial charge in [-0.25, -0.2) is 0 Å². The van der Waals surface area contributed by atoms with E-state index in [1.165, 1.54) is 24.1 Å². The fourth-order valence-electron chi connectivity index (χ4n) is 2.64. The molecule has 0 bridgehead atoms. The first kappa shape index (κ1) is 12.4. The molecule has 1 aromatic rings. The third-order valence-electron chi connectivity index (χ3n) is 3.63. The Kier molecular flexibility index (Phi) is 4.00. The summed E-state index contributed by atoms with van der Waals surface area (Å²) >= 11 is 0. The summed E-state index contributed by atoms with van der Waals surface area (Å²) in [6, 6.07) is 2.04. The van der Waals surface area contributed by atoms with Crippen LogP contribution in [0, 0.1) is 0 Å². The predicted octanol–water partition coefficient (Wildman–Crippen LogP) is 1.99. The number of aryl methyl sites for hydroxylation is 1. The molecule has 0 fully saturated rings. The summed E-state index contributed by atoms with van der Waals surface area (Å²) in [7, 11) is 0. The van der Waals surface area contributed by atoms with E-state index in [9.17, 15) is 4.79 Å². The maximum Gasteiger partial charge on any atom is 0.255 e. The summed E-state index contributed by atoms with van der Waals surface area (Å²) in [5.74, 6) is 0. The number of hydrogen-bond donors (Lipinski definition) is 1. The number of hydrogen-bond acceptors (Lipinski definition) is 2. The van der Waals surface area contributed by atoms with Crippen molar-refractivity contribution in [1.82, 2.24) is 4.57 Å². The van der Waals surface area contributed by atoms with Gasteiger partial charge in [-0.2, -0.15) is 0 Å². The zero-order chi connectivity index (χ0) is 12.3. The highest BCUT2D eigenvalue weighted by Crippen LogP contribution is 2.21. The van der Waals surface area contributed by atoms with Crippen molar-refractivity contribution in [2.24, 2.45) is 5.73 Å². The summed E-state index contributed by atoms with van der Waals surface area (Å²) in [4.78, 5) is 12.3. The van der Waals surface area contributed by atoms with Crippen molar-refractivity contribution in [3.8, 4) is 0 Å². The lowest BCUT2D eigenvalue weighted by atomic mass is 9.94. The van der Waals surface area contributed by atoms with Crippen molar-refractivity contribution in [3.63, 3.8) is 0 Å². The molecule has 3 nitrogen and oxygen atoms in total. The van der Waals surface area contributed by atoms with Crippen LogP contribution < -0.4 is 11.3 Å². The van der Waals surface area contributed by atoms with Gasteiger partial charge in [-0.3, -0.25) is 4.79 Å². The quantitative estimate of drug-likeness (QED) is 0.866. The fourth-order valence-corrected chi connectivity index (χ4v) is 2.64. The van der Waals surface area contributed by atoms with Crippen molar-refractivity contribution < 1.29 is 0 Å². The second-order valence-electron chi connectivity index (χ2n) is 4.86. The van der Waals surface area contributed by atoms with Gasteiger partial charge in [0.05, 0.1) is 0 Å². The SMILES string of the molecule is CCCCn1c2c(cc(CN)c1=O)CCCC2. The zero-order valence-electron chi connectivity index (χ0n) is 10.7. The molecule has 1 aliphatic rings. The molecule has 3 heteroatoms. The van der Waals surface area contributed by atoms with Crippen LogP contribution in [-0.4, -0.2) is 4.57 Å². The lowest BCUT2D eigenvalue weighted by Gasteiger charge is -2.22. The molecule has 0 amide bonds. The summed E-state index contributed by atoms with van der Waals surface area (Å²) < 4.78 is 1.99. The first-order chi connectivity index (χ1) is 8.27. The molecule has 1 aliphatic carbocycles. The van der Waals surface area contributed by atoms with Crippen LogP contribution in [0.4, 0.5) is 0 Å². The van der Waals surface area contributed by atoms with E-state index in [1.807, 2.05) is 10.6 Å². The van der Waals surface area contributed by atoms with Gasteiger partial charge >= 0.3 is 0 Å². The molecule has 0 saturated heterocycles. The minimum atomic E-state index is 0.140. The largest absolute Gasteiger partial charge is 0.326 e. The lowest BCUT2D eigenvalue weighted by molar-refractivity contribution is 0.544. The summed E-state index contributed by atoms with van der Waals surface area (Å²) in [5, 5.41) is 0. The number of aromatic nitrogens is 1. The minimum Gasteiger partial charge on any atom is -0.326 e. The zero-order valence-corrected chi connectivity index (χ0v) is 10.7. The van der Waals surface area contributed by atoms with Gasteiger partial charge in [0.2, 0.25) is 0 Å². The molecule has 2 N–H and O–H groups in total. The normalized spacial score (nSPS) is 14.7. The van der Waals surface area contributed by atoms with E-state index in [0.717, 1.165) is 37.8 Å². The molecular weight excluding hydrogens is 212 g/mol. The number of pyridine rings is 1. The van der Waals surface area contributed by atoms with Gasteiger partial charge in [-0.15, -0.1) is 0 Å². The highest BCUT2D eigenvalue weighted by atomic mass is 16.1. The number of nitrogens with two attached hydrogens (primary N) is 1. The Morgan fingerprint density at radius 2 is 2.12 bits per heavy atom. The molecule has 0 saturated carbocycles. The number of fused-ring (bicyclic) bond motifs is 1. The van der Waals surface area contributed by atoms with E-state index in [4.69, 9.17) is 5.73 Å². The van der Waals surface area contributed by atoms with Gasteiger partial charge in [0, 0.05) is 24.3 Å². The molecule has 17 heavy (non-hydrogen) atoms. The Hall–Kier alpha value is -1.09. The van der Waals surface area contributed by atoms with Crippen molar-refractivity contribution >= 4 is 0 Å². The number of unbranched alkanes of at least 4 members (excludes halogenated alkanes) is 1. The first-order valence-electron chi connectivity index (χ1n) is 6.72. The highest BCUT2D eigenvalue weighted by molar-refractivity contribution is 5.29. The summed E-state index contributed by atoms with van der Waals surface area (Å²) in [5.41, 5.74) is 9.21. The third-order valence-corrected chi connectivity index (χ3v) is 3.63. The standard InChI is InChI=1S/C14H22N2O/c1-2-3-8-16-13-7-5-4-6-11(13)9-12(10-15)14(16)17/h9H,2-8,10,15H2,1H3. The average molecular weight is 234 g/mol. The van der Waals surface area contributed by atoms with Gasteiger partial charge in [0.1, 0.15) is 0 Å². The Bertz CT molecular complexity index is 448. The summed E-state index contributed by atoms with van der Waals surface area (Å²) in [6.07, 6.45) is 6.80. The van der Waals surface area contributed by atoms with Crippen molar-refractivity contribution in [1.29, 1.82) is 0 Å². The lowest BCUT2D eigenvalue weighted by Crippen LogP contribution is -2.30. The van der Waals surface area contributed by atoms with E-state index >= 15 is 0 Å². The average Bonchev–Trinajstić information content (AvgIpc) is 2.37. The minimum absolute atomic E-state index is 0.140. The van der Waals surface area contributed by atoms with Crippen LogP contribution in [0.1, 0.15) is 49.4 Å². The van der Waals surface area contributed by atoms with E-state index in [0.29, 0.717) is 6.54 Å². The van der Waals surface area contributed by atoms with Crippen LogP contribution in [0.25, 0.3) is 0 Å². The monoisotopic (exact) mass is 234 g/mol. The molecule has 0 aromatic carbocycles. The molecule has 2 rings (SSSR count). The number of nitrogens with zero attached hydrogens (tertiary/aromatic N) is 1. The van der Waals surface area contributed by atoms with Crippen LogP contribution in [-0.2, 0) is 25.9 Å². The van der Waals surface area contributed by atoms with Gasteiger partial charge in [0.25, 0.3) is 5.56 Å². The van der Waals surface area contributed by atoms with Crippen LogP contribution in [0.15, 0.2) is 10.9 Å². The maximum atomic E-state index is 12.3. The molecule has 1 heterocycles. The van der Waals surface area contributed by atoms with E-state index in [2.05, 4.69) is 6.92 Å². The van der Waals surface area contributed by atoms with Crippen molar-refractivity contribution in [3.05, 3.63) is 33.2 Å². The Labute approximate surface area is 103 Å². The summed E-state index contributed by atoms with van der Waals surface area (Å²) in [6.45, 7) is 3.37. The molecule has 0 radical (unpaired) electrons. The molecule has 0 spiro atoms. The topological polar surface area (TPSA) is 48.0 Å². The van der Waals surface area contributed by atoms with Crippen molar-refractivity contribution in [2.75, 3.05) is 0 Å². The first-order valence-corrected chi connectivity index (χ1v) is 6.72. The van der Waals surface area contributed by atoms with Crippen LogP contribution in [0.3, 0.4) is 0 Å².